The van der Waals surface area contributed by atoms with Gasteiger partial charge in [0, 0.05) is 13.2 Å². The molecule has 0 aromatic carbocycles. The lowest BCUT2D eigenvalue weighted by molar-refractivity contribution is 0.340. The Kier molecular flexibility index (Phi) is 1.59. The van der Waals surface area contributed by atoms with Gasteiger partial charge in [0.2, 0.25) is 0 Å². The molecule has 5 heteroatoms. The van der Waals surface area contributed by atoms with Crippen molar-refractivity contribution in [1.29, 1.82) is 0 Å². The third kappa shape index (κ3) is 1.02. The molecule has 2 aliphatic rings. The summed E-state index contributed by atoms with van der Waals surface area (Å²) in [7, 11) is 0. The quantitative estimate of drug-likeness (QED) is 0.254. The number of hydrogen-bond acceptors (Lipinski definition) is 5. The van der Waals surface area contributed by atoms with Crippen molar-refractivity contribution < 1.29 is 0 Å². The van der Waals surface area contributed by atoms with Crippen molar-refractivity contribution in [2.45, 2.75) is 18.5 Å². The van der Waals surface area contributed by atoms with Crippen LogP contribution < -0.4 is 27.0 Å². The fourth-order valence-corrected chi connectivity index (χ4v) is 1.47. The van der Waals surface area contributed by atoms with Crippen LogP contribution in [-0.4, -0.2) is 31.7 Å². The van der Waals surface area contributed by atoms with Gasteiger partial charge in [-0.15, -0.1) is 0 Å². The van der Waals surface area contributed by atoms with Crippen molar-refractivity contribution in [1.82, 2.24) is 21.3 Å². The summed E-state index contributed by atoms with van der Waals surface area (Å²) in [6.07, 6.45) is 0.290. The van der Waals surface area contributed by atoms with Crippen LogP contribution in [0.1, 0.15) is 0 Å². The summed E-state index contributed by atoms with van der Waals surface area (Å²) >= 11 is 0. The number of fused-ring (bicyclic) bond motifs is 1. The van der Waals surface area contributed by atoms with Crippen LogP contribution in [-0.2, 0) is 0 Å². The minimum absolute atomic E-state index is 0.0533. The topological polar surface area (TPSA) is 74.1 Å². The van der Waals surface area contributed by atoms with Gasteiger partial charge in [0.25, 0.3) is 0 Å². The molecular weight excluding hydrogens is 130 g/mol. The number of nitrogens with one attached hydrogen (secondary N) is 4. The SMILES string of the molecule is NC1NC2CNCNC2N1. The number of rotatable bonds is 0. The van der Waals surface area contributed by atoms with Crippen molar-refractivity contribution in [3.05, 3.63) is 0 Å². The molecule has 0 aromatic heterocycles. The standard InChI is InChI=1S/C5H13N5/c6-5-9-3-1-7-2-8-4(3)10-5/h3-5,7-10H,1-2,6H2. The molecule has 3 unspecified atom stereocenters. The Morgan fingerprint density at radius 1 is 1.30 bits per heavy atom. The van der Waals surface area contributed by atoms with Crippen molar-refractivity contribution >= 4 is 0 Å². The molecule has 2 fully saturated rings. The molecular formula is C5H13N5. The van der Waals surface area contributed by atoms with Crippen molar-refractivity contribution in [3.8, 4) is 0 Å². The van der Waals surface area contributed by atoms with Crippen LogP contribution in [0.5, 0.6) is 0 Å². The molecule has 0 saturated carbocycles. The molecule has 0 radical (unpaired) electrons. The second-order valence-electron chi connectivity index (χ2n) is 2.73. The first-order valence-electron chi connectivity index (χ1n) is 3.58. The molecule has 2 aliphatic heterocycles. The molecule has 2 rings (SSSR count). The molecule has 10 heavy (non-hydrogen) atoms. The zero-order valence-corrected chi connectivity index (χ0v) is 5.72. The summed E-state index contributed by atoms with van der Waals surface area (Å²) < 4.78 is 0. The predicted octanol–water partition coefficient (Wildman–Crippen LogP) is -2.73. The van der Waals surface area contributed by atoms with E-state index in [0.29, 0.717) is 12.2 Å². The Hall–Kier alpha value is -0.200. The molecule has 5 nitrogen and oxygen atoms in total. The van der Waals surface area contributed by atoms with Crippen molar-refractivity contribution in [2.24, 2.45) is 5.73 Å². The maximum atomic E-state index is 5.60. The fraction of sp³-hybridized carbons (Fsp3) is 1.00. The summed E-state index contributed by atoms with van der Waals surface area (Å²) in [6, 6.07) is 0.434. The molecule has 0 aromatic rings. The highest BCUT2D eigenvalue weighted by Gasteiger charge is 2.32. The smallest absolute Gasteiger partial charge is 0.110 e. The fourth-order valence-electron chi connectivity index (χ4n) is 1.47. The largest absolute Gasteiger partial charge is 0.304 e. The maximum Gasteiger partial charge on any atom is 0.110 e. The summed E-state index contributed by atoms with van der Waals surface area (Å²) in [4.78, 5) is 0. The van der Waals surface area contributed by atoms with Gasteiger partial charge < -0.3 is 11.1 Å². The van der Waals surface area contributed by atoms with E-state index in [1.165, 1.54) is 0 Å². The molecule has 2 saturated heterocycles. The maximum absolute atomic E-state index is 5.60. The molecule has 6 N–H and O–H groups in total. The highest BCUT2D eigenvalue weighted by Crippen LogP contribution is 2.00. The molecule has 0 spiro atoms. The van der Waals surface area contributed by atoms with Crippen LogP contribution in [0.3, 0.4) is 0 Å². The molecule has 0 aliphatic carbocycles. The van der Waals surface area contributed by atoms with Crippen LogP contribution in [0, 0.1) is 0 Å². The third-order valence-electron chi connectivity index (χ3n) is 1.97. The van der Waals surface area contributed by atoms with Gasteiger partial charge in [-0.2, -0.15) is 0 Å². The van der Waals surface area contributed by atoms with E-state index < -0.39 is 0 Å². The van der Waals surface area contributed by atoms with Gasteiger partial charge in [0.15, 0.2) is 0 Å². The highest BCUT2D eigenvalue weighted by molar-refractivity contribution is 4.92. The van der Waals surface area contributed by atoms with Gasteiger partial charge in [0.05, 0.1) is 12.2 Å². The number of hydrogen-bond donors (Lipinski definition) is 5. The minimum Gasteiger partial charge on any atom is -0.304 e. The van der Waals surface area contributed by atoms with Crippen molar-refractivity contribution in [3.63, 3.8) is 0 Å². The lowest BCUT2D eigenvalue weighted by atomic mass is 10.2. The van der Waals surface area contributed by atoms with E-state index in [4.69, 9.17) is 5.73 Å². The monoisotopic (exact) mass is 143 g/mol. The van der Waals surface area contributed by atoms with E-state index in [1.807, 2.05) is 0 Å². The van der Waals surface area contributed by atoms with Crippen LogP contribution in [0.2, 0.25) is 0 Å². The summed E-state index contributed by atoms with van der Waals surface area (Å²) in [6.45, 7) is 1.85. The summed E-state index contributed by atoms with van der Waals surface area (Å²) in [5, 5.41) is 12.8. The first kappa shape index (κ1) is 6.51. The van der Waals surface area contributed by atoms with E-state index in [2.05, 4.69) is 21.3 Å². The van der Waals surface area contributed by atoms with E-state index in [0.717, 1.165) is 13.2 Å². The molecule has 2 heterocycles. The first-order valence-corrected chi connectivity index (χ1v) is 3.58. The highest BCUT2D eigenvalue weighted by atomic mass is 15.4. The second-order valence-corrected chi connectivity index (χ2v) is 2.73. The molecule has 0 bridgehead atoms. The minimum atomic E-state index is -0.0533. The Balaban J connectivity index is 1.97. The van der Waals surface area contributed by atoms with E-state index >= 15 is 0 Å². The van der Waals surface area contributed by atoms with Crippen LogP contribution in [0.4, 0.5) is 0 Å². The second kappa shape index (κ2) is 2.44. The van der Waals surface area contributed by atoms with Crippen LogP contribution in [0.25, 0.3) is 0 Å². The summed E-state index contributed by atoms with van der Waals surface area (Å²) in [5.41, 5.74) is 5.60. The van der Waals surface area contributed by atoms with Gasteiger partial charge >= 0.3 is 0 Å². The third-order valence-corrected chi connectivity index (χ3v) is 1.97. The Labute approximate surface area is 59.7 Å². The van der Waals surface area contributed by atoms with Gasteiger partial charge in [-0.1, -0.05) is 0 Å². The van der Waals surface area contributed by atoms with Gasteiger partial charge in [-0.3, -0.25) is 16.0 Å². The number of nitrogens with two attached hydrogens (primary N) is 1. The molecule has 58 valence electrons. The van der Waals surface area contributed by atoms with Gasteiger partial charge in [0.1, 0.15) is 6.29 Å². The van der Waals surface area contributed by atoms with Gasteiger partial charge in [-0.25, -0.2) is 0 Å². The molecule has 0 amide bonds. The van der Waals surface area contributed by atoms with Crippen LogP contribution in [0.15, 0.2) is 0 Å². The zero-order chi connectivity index (χ0) is 6.97. The average Bonchev–Trinajstić information content (AvgIpc) is 2.27. The Morgan fingerprint density at radius 3 is 3.00 bits per heavy atom. The van der Waals surface area contributed by atoms with Crippen molar-refractivity contribution in [2.75, 3.05) is 13.2 Å². The van der Waals surface area contributed by atoms with E-state index in [9.17, 15) is 0 Å². The lowest BCUT2D eigenvalue weighted by Crippen LogP contribution is -2.58. The van der Waals surface area contributed by atoms with E-state index in [-0.39, 0.29) is 6.29 Å². The van der Waals surface area contributed by atoms with Crippen LogP contribution >= 0.6 is 0 Å². The lowest BCUT2D eigenvalue weighted by Gasteiger charge is -2.26. The van der Waals surface area contributed by atoms with E-state index in [1.54, 1.807) is 0 Å². The predicted molar refractivity (Wildman–Crippen MR) is 37.8 cm³/mol. The molecule has 3 atom stereocenters. The average molecular weight is 143 g/mol. The zero-order valence-electron chi connectivity index (χ0n) is 5.72. The normalized spacial score (nSPS) is 47.1. The Bertz CT molecular complexity index is 113. The first-order chi connectivity index (χ1) is 4.86. The van der Waals surface area contributed by atoms with Gasteiger partial charge in [-0.05, 0) is 0 Å². The summed E-state index contributed by atoms with van der Waals surface area (Å²) in [5.74, 6) is 0. The Morgan fingerprint density at radius 2 is 2.20 bits per heavy atom.